The van der Waals surface area contributed by atoms with Crippen LogP contribution in [-0.4, -0.2) is 37.1 Å². The number of carbonyl (C=O) groups excluding carboxylic acids is 1. The van der Waals surface area contributed by atoms with E-state index >= 15 is 0 Å². The first-order chi connectivity index (χ1) is 16.0. The Balaban J connectivity index is 1.54. The number of nitrogens with zero attached hydrogens (tertiary/aromatic N) is 5. The van der Waals surface area contributed by atoms with E-state index in [0.717, 1.165) is 22.6 Å². The van der Waals surface area contributed by atoms with Gasteiger partial charge in [-0.3, -0.25) is 14.3 Å². The molecule has 4 aromatic rings. The third kappa shape index (κ3) is 5.53. The van der Waals surface area contributed by atoms with Crippen LogP contribution < -0.4 is 5.43 Å². The molecule has 0 radical (unpaired) electrons. The summed E-state index contributed by atoms with van der Waals surface area (Å²) in [7, 11) is 0. The van der Waals surface area contributed by atoms with E-state index < -0.39 is 0 Å². The van der Waals surface area contributed by atoms with Crippen LogP contribution in [0.4, 0.5) is 0 Å². The molecule has 2 aromatic carbocycles. The minimum atomic E-state index is -0.219. The Bertz CT molecular complexity index is 1260. The molecular formula is C25H24N6OS. The molecule has 7 nitrogen and oxygen atoms in total. The molecule has 2 heterocycles. The monoisotopic (exact) mass is 456 g/mol. The molecule has 0 atom stereocenters. The van der Waals surface area contributed by atoms with Gasteiger partial charge in [-0.05, 0) is 45.0 Å². The highest BCUT2D eigenvalue weighted by molar-refractivity contribution is 7.99. The zero-order chi connectivity index (χ0) is 23.2. The molecule has 0 saturated heterocycles. The summed E-state index contributed by atoms with van der Waals surface area (Å²) >= 11 is 1.32. The lowest BCUT2D eigenvalue weighted by Gasteiger charge is -2.11. The molecule has 0 saturated carbocycles. The van der Waals surface area contributed by atoms with Gasteiger partial charge in [0, 0.05) is 29.2 Å². The summed E-state index contributed by atoms with van der Waals surface area (Å²) in [5, 5.41) is 13.6. The Hall–Kier alpha value is -3.78. The van der Waals surface area contributed by atoms with Crippen LogP contribution in [0.25, 0.3) is 17.1 Å². The maximum Gasteiger partial charge on any atom is 0.250 e. The number of thioether (sulfide) groups is 1. The molecule has 166 valence electrons. The Kier molecular flexibility index (Phi) is 6.95. The normalized spacial score (nSPS) is 11.4. The van der Waals surface area contributed by atoms with E-state index in [0.29, 0.717) is 10.9 Å². The van der Waals surface area contributed by atoms with Gasteiger partial charge in [0.05, 0.1) is 11.5 Å². The Morgan fingerprint density at radius 2 is 1.58 bits per heavy atom. The van der Waals surface area contributed by atoms with Gasteiger partial charge in [-0.25, -0.2) is 5.43 Å². The van der Waals surface area contributed by atoms with E-state index in [9.17, 15) is 4.79 Å². The highest BCUT2D eigenvalue weighted by Gasteiger charge is 2.17. The van der Waals surface area contributed by atoms with Crippen molar-refractivity contribution in [3.05, 3.63) is 89.7 Å². The van der Waals surface area contributed by atoms with Crippen molar-refractivity contribution in [3.8, 4) is 17.1 Å². The van der Waals surface area contributed by atoms with Crippen molar-refractivity contribution in [2.45, 2.75) is 25.9 Å². The van der Waals surface area contributed by atoms with Crippen LogP contribution in [0.5, 0.6) is 0 Å². The lowest BCUT2D eigenvalue weighted by molar-refractivity contribution is -0.118. The van der Waals surface area contributed by atoms with Crippen LogP contribution in [0, 0.1) is 13.8 Å². The minimum absolute atomic E-state index is 0.158. The second-order valence-corrected chi connectivity index (χ2v) is 8.54. The third-order valence-electron chi connectivity index (χ3n) is 5.01. The molecule has 1 N–H and O–H groups in total. The topological polar surface area (TPSA) is 85.1 Å². The highest BCUT2D eigenvalue weighted by atomic mass is 32.2. The molecule has 0 aliphatic heterocycles. The van der Waals surface area contributed by atoms with Gasteiger partial charge >= 0.3 is 0 Å². The molecule has 2 aromatic heterocycles. The van der Waals surface area contributed by atoms with E-state index in [2.05, 4.69) is 25.7 Å². The number of aromatic nitrogens is 4. The summed E-state index contributed by atoms with van der Waals surface area (Å²) in [5.41, 5.74) is 8.47. The number of rotatable bonds is 7. The summed E-state index contributed by atoms with van der Waals surface area (Å²) in [6.07, 6.45) is 3.38. The molecule has 8 heteroatoms. The number of hydrogen-bond acceptors (Lipinski definition) is 6. The summed E-state index contributed by atoms with van der Waals surface area (Å²) in [5.74, 6) is 0.669. The predicted molar refractivity (Wildman–Crippen MR) is 132 cm³/mol. The lowest BCUT2D eigenvalue weighted by atomic mass is 10.1. The number of carbonyl (C=O) groups is 1. The maximum atomic E-state index is 12.5. The van der Waals surface area contributed by atoms with Gasteiger partial charge in [-0.15, -0.1) is 10.2 Å². The van der Waals surface area contributed by atoms with Crippen LogP contribution in [0.3, 0.4) is 0 Å². The SMILES string of the molecule is C/C(=N/NC(=O)CSc1nnc(-c2ccc(C)cc2)n1-c1ccc(C)cc1)c1ccncc1. The first-order valence-corrected chi connectivity index (χ1v) is 11.5. The molecule has 0 aliphatic rings. The van der Waals surface area contributed by atoms with Crippen LogP contribution >= 0.6 is 11.8 Å². The van der Waals surface area contributed by atoms with Crippen molar-refractivity contribution >= 4 is 23.4 Å². The summed E-state index contributed by atoms with van der Waals surface area (Å²) < 4.78 is 1.98. The van der Waals surface area contributed by atoms with Gasteiger partial charge < -0.3 is 0 Å². The fourth-order valence-electron chi connectivity index (χ4n) is 3.15. The maximum absolute atomic E-state index is 12.5. The second kappa shape index (κ2) is 10.2. The summed E-state index contributed by atoms with van der Waals surface area (Å²) in [4.78, 5) is 16.4. The number of hydrogen-bond donors (Lipinski definition) is 1. The quantitative estimate of drug-likeness (QED) is 0.250. The molecule has 0 bridgehead atoms. The summed E-state index contributed by atoms with van der Waals surface area (Å²) in [6, 6.07) is 20.0. The number of nitrogens with one attached hydrogen (secondary N) is 1. The second-order valence-electron chi connectivity index (χ2n) is 7.60. The van der Waals surface area contributed by atoms with E-state index in [1.807, 2.05) is 86.0 Å². The molecule has 4 rings (SSSR count). The molecule has 0 fully saturated rings. The molecule has 0 spiro atoms. The molecule has 0 aliphatic carbocycles. The molecule has 1 amide bonds. The predicted octanol–water partition coefficient (Wildman–Crippen LogP) is 4.58. The van der Waals surface area contributed by atoms with Gasteiger partial charge in [0.15, 0.2) is 11.0 Å². The number of hydrazone groups is 1. The number of pyridine rings is 1. The van der Waals surface area contributed by atoms with Gasteiger partial charge in [0.1, 0.15) is 0 Å². The fraction of sp³-hybridized carbons (Fsp3) is 0.160. The van der Waals surface area contributed by atoms with E-state index in [4.69, 9.17) is 0 Å². The highest BCUT2D eigenvalue weighted by Crippen LogP contribution is 2.28. The lowest BCUT2D eigenvalue weighted by Crippen LogP contribution is -2.21. The van der Waals surface area contributed by atoms with Crippen LogP contribution in [-0.2, 0) is 4.79 Å². The fourth-order valence-corrected chi connectivity index (χ4v) is 3.89. The molecular weight excluding hydrogens is 432 g/mol. The van der Waals surface area contributed by atoms with Gasteiger partial charge in [0.2, 0.25) is 0 Å². The van der Waals surface area contributed by atoms with E-state index in [-0.39, 0.29) is 11.7 Å². The minimum Gasteiger partial charge on any atom is -0.272 e. The Morgan fingerprint density at radius 3 is 2.24 bits per heavy atom. The van der Waals surface area contributed by atoms with Crippen LogP contribution in [0.15, 0.2) is 83.3 Å². The smallest absolute Gasteiger partial charge is 0.250 e. The molecule has 33 heavy (non-hydrogen) atoms. The van der Waals surface area contributed by atoms with Crippen LogP contribution in [0.1, 0.15) is 23.6 Å². The third-order valence-corrected chi connectivity index (χ3v) is 5.94. The van der Waals surface area contributed by atoms with E-state index in [1.54, 1.807) is 12.4 Å². The Morgan fingerprint density at radius 1 is 0.939 bits per heavy atom. The first-order valence-electron chi connectivity index (χ1n) is 10.5. The van der Waals surface area contributed by atoms with Gasteiger partial charge in [-0.1, -0.05) is 59.3 Å². The standard InChI is InChI=1S/C25H24N6OS/c1-17-4-8-21(9-5-17)24-29-30-25(31(24)22-10-6-18(2)7-11-22)33-16-23(32)28-27-19(3)20-12-14-26-15-13-20/h4-15H,16H2,1-3H3,(H,28,32)/b27-19-. The Labute approximate surface area is 197 Å². The number of aryl methyl sites for hydroxylation is 2. The zero-order valence-corrected chi connectivity index (χ0v) is 19.5. The van der Waals surface area contributed by atoms with Crippen molar-refractivity contribution in [2.24, 2.45) is 5.10 Å². The number of benzene rings is 2. The van der Waals surface area contributed by atoms with Crippen molar-refractivity contribution in [3.63, 3.8) is 0 Å². The molecule has 0 unspecified atom stereocenters. The zero-order valence-electron chi connectivity index (χ0n) is 18.7. The van der Waals surface area contributed by atoms with Gasteiger partial charge in [0.25, 0.3) is 5.91 Å². The van der Waals surface area contributed by atoms with Crippen LogP contribution in [0.2, 0.25) is 0 Å². The average molecular weight is 457 g/mol. The van der Waals surface area contributed by atoms with Crippen molar-refractivity contribution in [2.75, 3.05) is 5.75 Å². The van der Waals surface area contributed by atoms with Crippen molar-refractivity contribution < 1.29 is 4.79 Å². The largest absolute Gasteiger partial charge is 0.272 e. The van der Waals surface area contributed by atoms with Crippen molar-refractivity contribution in [1.82, 2.24) is 25.2 Å². The van der Waals surface area contributed by atoms with Crippen molar-refractivity contribution in [1.29, 1.82) is 0 Å². The van der Waals surface area contributed by atoms with E-state index in [1.165, 1.54) is 22.9 Å². The number of amides is 1. The first kappa shape index (κ1) is 22.4. The summed E-state index contributed by atoms with van der Waals surface area (Å²) in [6.45, 7) is 5.93. The van der Waals surface area contributed by atoms with Gasteiger partial charge in [-0.2, -0.15) is 5.10 Å². The average Bonchev–Trinajstić information content (AvgIpc) is 3.26.